The van der Waals surface area contributed by atoms with E-state index in [1.165, 1.54) is 0 Å². The predicted octanol–water partition coefficient (Wildman–Crippen LogP) is 3.87. The van der Waals surface area contributed by atoms with E-state index in [4.69, 9.17) is 4.74 Å². The van der Waals surface area contributed by atoms with Gasteiger partial charge in [-0.25, -0.2) is 9.97 Å². The Kier molecular flexibility index (Phi) is 6.41. The van der Waals surface area contributed by atoms with E-state index in [1.54, 1.807) is 14.2 Å². The minimum atomic E-state index is 0.120. The average Bonchev–Trinajstić information content (AvgIpc) is 3.18. The van der Waals surface area contributed by atoms with Gasteiger partial charge in [0.25, 0.3) is 0 Å². The largest absolute Gasteiger partial charge is 0.481 e. The number of carbonyl (C=O) groups is 1. The third-order valence-electron chi connectivity index (χ3n) is 4.66. The molecule has 6 nitrogen and oxygen atoms in total. The molecule has 6 heteroatoms. The second kappa shape index (κ2) is 9.16. The number of carbonyl (C=O) groups excluding carboxylic acids is 1. The zero-order chi connectivity index (χ0) is 19.1. The summed E-state index contributed by atoms with van der Waals surface area (Å²) in [5, 5.41) is 3.72. The standard InChI is InChI=1S/C21H26N4O2/c1-22-20(26)8-6-4-3-5-7-19-23-14-18(24-19)16-9-11-17-15(13-16)10-12-21(25-17)27-2/h9-14H,3-8H2,1-2H3,(H,22,26)(H,23,24). The van der Waals surface area contributed by atoms with Crippen LogP contribution in [-0.2, 0) is 11.2 Å². The molecular weight excluding hydrogens is 340 g/mol. The number of nitrogens with zero attached hydrogens (tertiary/aromatic N) is 2. The number of imidazole rings is 1. The molecule has 0 aliphatic heterocycles. The van der Waals surface area contributed by atoms with Crippen LogP contribution in [0.2, 0.25) is 0 Å². The number of hydrogen-bond acceptors (Lipinski definition) is 4. The summed E-state index contributed by atoms with van der Waals surface area (Å²) < 4.78 is 5.17. The lowest BCUT2D eigenvalue weighted by Crippen LogP contribution is -2.16. The molecule has 2 N–H and O–H groups in total. The number of nitrogens with one attached hydrogen (secondary N) is 2. The number of amides is 1. The van der Waals surface area contributed by atoms with E-state index >= 15 is 0 Å². The lowest BCUT2D eigenvalue weighted by molar-refractivity contribution is -0.120. The highest BCUT2D eigenvalue weighted by Gasteiger charge is 2.06. The van der Waals surface area contributed by atoms with Crippen LogP contribution in [0.4, 0.5) is 0 Å². The maximum atomic E-state index is 11.2. The molecule has 27 heavy (non-hydrogen) atoms. The third kappa shape index (κ3) is 5.06. The quantitative estimate of drug-likeness (QED) is 0.563. The molecule has 3 aromatic rings. The van der Waals surface area contributed by atoms with E-state index in [2.05, 4.69) is 26.3 Å². The molecule has 0 aliphatic rings. The van der Waals surface area contributed by atoms with Gasteiger partial charge in [-0.2, -0.15) is 0 Å². The molecule has 0 saturated carbocycles. The monoisotopic (exact) mass is 366 g/mol. The lowest BCUT2D eigenvalue weighted by atomic mass is 10.1. The Bertz CT molecular complexity index is 904. The summed E-state index contributed by atoms with van der Waals surface area (Å²) >= 11 is 0. The Labute approximate surface area is 159 Å². The molecule has 142 valence electrons. The van der Waals surface area contributed by atoms with Crippen molar-refractivity contribution in [2.45, 2.75) is 38.5 Å². The summed E-state index contributed by atoms with van der Waals surface area (Å²) in [6.07, 6.45) is 7.62. The summed E-state index contributed by atoms with van der Waals surface area (Å²) in [5.41, 5.74) is 3.02. The number of pyridine rings is 1. The number of rotatable bonds is 9. The number of methoxy groups -OCH3 is 1. The number of fused-ring (bicyclic) bond motifs is 1. The third-order valence-corrected chi connectivity index (χ3v) is 4.66. The van der Waals surface area contributed by atoms with Gasteiger partial charge in [0.1, 0.15) is 5.82 Å². The Morgan fingerprint density at radius 2 is 2.00 bits per heavy atom. The zero-order valence-corrected chi connectivity index (χ0v) is 15.9. The highest BCUT2D eigenvalue weighted by Crippen LogP contribution is 2.24. The van der Waals surface area contributed by atoms with Crippen LogP contribution in [0, 0.1) is 0 Å². The van der Waals surface area contributed by atoms with Crippen LogP contribution in [-0.4, -0.2) is 35.0 Å². The second-order valence-electron chi connectivity index (χ2n) is 6.59. The van der Waals surface area contributed by atoms with Gasteiger partial charge in [-0.15, -0.1) is 0 Å². The molecule has 0 unspecified atom stereocenters. The number of aromatic nitrogens is 3. The smallest absolute Gasteiger partial charge is 0.219 e. The molecule has 2 aromatic heterocycles. The zero-order valence-electron chi connectivity index (χ0n) is 15.9. The van der Waals surface area contributed by atoms with Crippen molar-refractivity contribution in [2.75, 3.05) is 14.2 Å². The van der Waals surface area contributed by atoms with Crippen LogP contribution in [0.15, 0.2) is 36.5 Å². The van der Waals surface area contributed by atoms with E-state index in [0.29, 0.717) is 12.3 Å². The highest BCUT2D eigenvalue weighted by molar-refractivity contribution is 5.84. The molecule has 0 aliphatic carbocycles. The molecule has 1 amide bonds. The van der Waals surface area contributed by atoms with Crippen LogP contribution >= 0.6 is 0 Å². The molecule has 3 rings (SSSR count). The van der Waals surface area contributed by atoms with Gasteiger partial charge in [0.15, 0.2) is 0 Å². The fourth-order valence-corrected chi connectivity index (χ4v) is 3.08. The molecule has 0 radical (unpaired) electrons. The first-order valence-corrected chi connectivity index (χ1v) is 9.39. The minimum Gasteiger partial charge on any atom is -0.481 e. The Morgan fingerprint density at radius 1 is 1.15 bits per heavy atom. The van der Waals surface area contributed by atoms with Gasteiger partial charge in [-0.3, -0.25) is 4.79 Å². The Hall–Kier alpha value is -2.89. The van der Waals surface area contributed by atoms with Gasteiger partial charge >= 0.3 is 0 Å². The van der Waals surface area contributed by atoms with Gasteiger partial charge < -0.3 is 15.0 Å². The van der Waals surface area contributed by atoms with Crippen LogP contribution in [0.5, 0.6) is 5.88 Å². The first-order valence-electron chi connectivity index (χ1n) is 9.39. The number of benzene rings is 1. The number of ether oxygens (including phenoxy) is 1. The van der Waals surface area contributed by atoms with Crippen LogP contribution in [0.25, 0.3) is 22.2 Å². The fourth-order valence-electron chi connectivity index (χ4n) is 3.08. The lowest BCUT2D eigenvalue weighted by Gasteiger charge is -2.04. The van der Waals surface area contributed by atoms with E-state index in [0.717, 1.165) is 60.1 Å². The first kappa shape index (κ1) is 18.9. The van der Waals surface area contributed by atoms with Gasteiger partial charge in [0.05, 0.1) is 24.5 Å². The van der Waals surface area contributed by atoms with Crippen molar-refractivity contribution in [1.29, 1.82) is 0 Å². The van der Waals surface area contributed by atoms with E-state index in [-0.39, 0.29) is 5.91 Å². The average molecular weight is 366 g/mol. The molecule has 0 saturated heterocycles. The molecule has 0 fully saturated rings. The summed E-state index contributed by atoms with van der Waals surface area (Å²) in [6.45, 7) is 0. The van der Waals surface area contributed by atoms with E-state index in [1.807, 2.05) is 30.5 Å². The number of H-pyrrole nitrogens is 1. The second-order valence-corrected chi connectivity index (χ2v) is 6.59. The number of aromatic amines is 1. The van der Waals surface area contributed by atoms with Crippen molar-refractivity contribution >= 4 is 16.8 Å². The number of aryl methyl sites for hydroxylation is 1. The topological polar surface area (TPSA) is 79.9 Å². The van der Waals surface area contributed by atoms with Gasteiger partial charge in [0.2, 0.25) is 11.8 Å². The molecule has 0 spiro atoms. The number of unbranched alkanes of at least 4 members (excludes halogenated alkanes) is 3. The summed E-state index contributed by atoms with van der Waals surface area (Å²) in [5.74, 6) is 1.74. The summed E-state index contributed by atoms with van der Waals surface area (Å²) in [7, 11) is 3.30. The van der Waals surface area contributed by atoms with Crippen molar-refractivity contribution in [3.8, 4) is 17.1 Å². The highest BCUT2D eigenvalue weighted by atomic mass is 16.5. The predicted molar refractivity (Wildman–Crippen MR) is 107 cm³/mol. The summed E-state index contributed by atoms with van der Waals surface area (Å²) in [4.78, 5) is 23.5. The van der Waals surface area contributed by atoms with Crippen LogP contribution < -0.4 is 10.1 Å². The van der Waals surface area contributed by atoms with Crippen molar-refractivity contribution < 1.29 is 9.53 Å². The van der Waals surface area contributed by atoms with Gasteiger partial charge in [-0.05, 0) is 31.0 Å². The van der Waals surface area contributed by atoms with Crippen LogP contribution in [0.1, 0.15) is 37.9 Å². The Morgan fingerprint density at radius 3 is 2.81 bits per heavy atom. The first-order chi connectivity index (χ1) is 13.2. The minimum absolute atomic E-state index is 0.120. The van der Waals surface area contributed by atoms with E-state index < -0.39 is 0 Å². The van der Waals surface area contributed by atoms with Gasteiger partial charge in [-0.1, -0.05) is 18.9 Å². The molecule has 0 bridgehead atoms. The van der Waals surface area contributed by atoms with Crippen molar-refractivity contribution in [2.24, 2.45) is 0 Å². The molecular formula is C21H26N4O2. The molecule has 1 aromatic carbocycles. The van der Waals surface area contributed by atoms with Crippen molar-refractivity contribution in [3.05, 3.63) is 42.4 Å². The SMILES string of the molecule is CNC(=O)CCCCCCc1ncc(-c2ccc3nc(OC)ccc3c2)[nH]1. The Balaban J connectivity index is 1.54. The molecule has 0 atom stereocenters. The van der Waals surface area contributed by atoms with E-state index in [9.17, 15) is 4.79 Å². The number of hydrogen-bond donors (Lipinski definition) is 2. The fraction of sp³-hybridized carbons (Fsp3) is 0.381. The maximum Gasteiger partial charge on any atom is 0.219 e. The van der Waals surface area contributed by atoms with Crippen molar-refractivity contribution in [1.82, 2.24) is 20.3 Å². The van der Waals surface area contributed by atoms with Crippen molar-refractivity contribution in [3.63, 3.8) is 0 Å². The molecule has 2 heterocycles. The van der Waals surface area contributed by atoms with Gasteiger partial charge in [0, 0.05) is 36.9 Å². The maximum absolute atomic E-state index is 11.2. The normalized spacial score (nSPS) is 10.9. The summed E-state index contributed by atoms with van der Waals surface area (Å²) in [6, 6.07) is 10.0. The van der Waals surface area contributed by atoms with Crippen LogP contribution in [0.3, 0.4) is 0 Å².